The Morgan fingerprint density at radius 1 is 1.44 bits per heavy atom. The number of carbonyl (C=O) groups is 1. The minimum absolute atomic E-state index is 0.130. The molecule has 0 atom stereocenters. The summed E-state index contributed by atoms with van der Waals surface area (Å²) in [5.74, 6) is 0. The molecule has 0 aromatic heterocycles. The Morgan fingerprint density at radius 2 is 2.19 bits per heavy atom. The molecule has 1 aromatic carbocycles. The van der Waals surface area contributed by atoms with Crippen LogP contribution in [0.1, 0.15) is 24.8 Å². The second-order valence-corrected chi connectivity index (χ2v) is 4.62. The summed E-state index contributed by atoms with van der Waals surface area (Å²) in [5.41, 5.74) is 1.78. The molecule has 2 rings (SSSR count). The number of nitrogens with one attached hydrogen (secondary N) is 2. The van der Waals surface area contributed by atoms with Crippen molar-refractivity contribution < 1.29 is 4.79 Å². The van der Waals surface area contributed by atoms with Crippen molar-refractivity contribution in [3.8, 4) is 0 Å². The lowest BCUT2D eigenvalue weighted by Crippen LogP contribution is -2.41. The Labute approximate surface area is 100 Å². The maximum atomic E-state index is 11.6. The molecule has 2 amide bonds. The van der Waals surface area contributed by atoms with Crippen molar-refractivity contribution in [2.75, 3.05) is 5.32 Å². The Balaban J connectivity index is 1.94. The van der Waals surface area contributed by atoms with Gasteiger partial charge in [0.1, 0.15) is 0 Å². The Hall–Kier alpha value is -1.22. The first-order chi connectivity index (χ1) is 7.65. The Morgan fingerprint density at radius 3 is 2.75 bits per heavy atom. The number of hydrogen-bond donors (Lipinski definition) is 2. The highest BCUT2D eigenvalue weighted by Crippen LogP contribution is 2.21. The van der Waals surface area contributed by atoms with Gasteiger partial charge < -0.3 is 10.6 Å². The van der Waals surface area contributed by atoms with Gasteiger partial charge in [-0.25, -0.2) is 4.79 Å². The van der Waals surface area contributed by atoms with Crippen LogP contribution >= 0.6 is 11.6 Å². The van der Waals surface area contributed by atoms with Gasteiger partial charge in [-0.05, 0) is 49.9 Å². The first-order valence-electron chi connectivity index (χ1n) is 5.49. The molecule has 1 aromatic rings. The molecule has 4 heteroatoms. The third-order valence-corrected chi connectivity index (χ3v) is 3.11. The normalized spacial score (nSPS) is 15.4. The third kappa shape index (κ3) is 2.67. The molecule has 1 aliphatic rings. The van der Waals surface area contributed by atoms with Crippen LogP contribution in [0.5, 0.6) is 0 Å². The van der Waals surface area contributed by atoms with E-state index in [0.717, 1.165) is 24.1 Å². The van der Waals surface area contributed by atoms with Gasteiger partial charge in [0.05, 0.1) is 0 Å². The number of anilines is 1. The van der Waals surface area contributed by atoms with E-state index >= 15 is 0 Å². The molecule has 2 N–H and O–H groups in total. The van der Waals surface area contributed by atoms with Crippen LogP contribution in [-0.4, -0.2) is 12.1 Å². The zero-order valence-corrected chi connectivity index (χ0v) is 9.97. The fourth-order valence-electron chi connectivity index (χ4n) is 1.66. The lowest BCUT2D eigenvalue weighted by Gasteiger charge is -2.26. The predicted molar refractivity (Wildman–Crippen MR) is 66.0 cm³/mol. The molecule has 1 saturated carbocycles. The van der Waals surface area contributed by atoms with E-state index in [4.69, 9.17) is 11.6 Å². The summed E-state index contributed by atoms with van der Waals surface area (Å²) in [6, 6.07) is 5.65. The van der Waals surface area contributed by atoms with Gasteiger partial charge in [-0.2, -0.15) is 0 Å². The van der Waals surface area contributed by atoms with Crippen molar-refractivity contribution in [3.05, 3.63) is 28.8 Å². The lowest BCUT2D eigenvalue weighted by molar-refractivity contribution is 0.240. The maximum Gasteiger partial charge on any atom is 0.319 e. The second kappa shape index (κ2) is 4.74. The zero-order chi connectivity index (χ0) is 11.5. The molecular formula is C12H15ClN2O. The monoisotopic (exact) mass is 238 g/mol. The van der Waals surface area contributed by atoms with Gasteiger partial charge in [0.2, 0.25) is 0 Å². The first-order valence-corrected chi connectivity index (χ1v) is 5.86. The topological polar surface area (TPSA) is 41.1 Å². The van der Waals surface area contributed by atoms with E-state index in [1.165, 1.54) is 6.42 Å². The average Bonchev–Trinajstić information content (AvgIpc) is 2.16. The summed E-state index contributed by atoms with van der Waals surface area (Å²) in [6.07, 6.45) is 3.39. The summed E-state index contributed by atoms with van der Waals surface area (Å²) in [4.78, 5) is 11.6. The number of urea groups is 1. The molecule has 0 unspecified atom stereocenters. The summed E-state index contributed by atoms with van der Waals surface area (Å²) < 4.78 is 0. The van der Waals surface area contributed by atoms with Gasteiger partial charge in [-0.1, -0.05) is 11.6 Å². The highest BCUT2D eigenvalue weighted by molar-refractivity contribution is 6.30. The van der Waals surface area contributed by atoms with Gasteiger partial charge in [0, 0.05) is 16.8 Å². The van der Waals surface area contributed by atoms with Crippen LogP contribution in [0.4, 0.5) is 10.5 Å². The average molecular weight is 239 g/mol. The fourth-order valence-corrected chi connectivity index (χ4v) is 1.89. The summed E-state index contributed by atoms with van der Waals surface area (Å²) in [5, 5.41) is 6.43. The standard InChI is InChI=1S/C12H15ClN2O/c1-8-7-9(13)5-6-11(8)15-12(16)14-10-3-2-4-10/h5-7,10H,2-4H2,1H3,(H2,14,15,16). The fraction of sp³-hybridized carbons (Fsp3) is 0.417. The number of aryl methyl sites for hydroxylation is 1. The summed E-state index contributed by atoms with van der Waals surface area (Å²) >= 11 is 5.84. The van der Waals surface area contributed by atoms with Crippen LogP contribution < -0.4 is 10.6 Å². The van der Waals surface area contributed by atoms with Crippen LogP contribution in [0.25, 0.3) is 0 Å². The highest BCUT2D eigenvalue weighted by atomic mass is 35.5. The molecule has 1 aliphatic carbocycles. The number of hydrogen-bond acceptors (Lipinski definition) is 1. The number of benzene rings is 1. The van der Waals surface area contributed by atoms with Crippen molar-refractivity contribution in [3.63, 3.8) is 0 Å². The summed E-state index contributed by atoms with van der Waals surface area (Å²) in [6.45, 7) is 1.92. The molecular weight excluding hydrogens is 224 g/mol. The molecule has 0 spiro atoms. The minimum Gasteiger partial charge on any atom is -0.335 e. The molecule has 0 saturated heterocycles. The highest BCUT2D eigenvalue weighted by Gasteiger charge is 2.19. The van der Waals surface area contributed by atoms with E-state index in [-0.39, 0.29) is 6.03 Å². The molecule has 86 valence electrons. The maximum absolute atomic E-state index is 11.6. The van der Waals surface area contributed by atoms with Crippen molar-refractivity contribution in [1.29, 1.82) is 0 Å². The number of rotatable bonds is 2. The Kier molecular flexibility index (Phi) is 3.34. The SMILES string of the molecule is Cc1cc(Cl)ccc1NC(=O)NC1CCC1. The van der Waals surface area contributed by atoms with Gasteiger partial charge in [-0.15, -0.1) is 0 Å². The van der Waals surface area contributed by atoms with Crippen molar-refractivity contribution >= 4 is 23.3 Å². The third-order valence-electron chi connectivity index (χ3n) is 2.88. The van der Waals surface area contributed by atoms with Crippen LogP contribution in [0.15, 0.2) is 18.2 Å². The molecule has 0 radical (unpaired) electrons. The number of carbonyl (C=O) groups excluding carboxylic acids is 1. The second-order valence-electron chi connectivity index (χ2n) is 4.19. The van der Waals surface area contributed by atoms with E-state index in [1.54, 1.807) is 6.07 Å². The van der Waals surface area contributed by atoms with Crippen LogP contribution in [0.2, 0.25) is 5.02 Å². The van der Waals surface area contributed by atoms with Gasteiger partial charge in [0.25, 0.3) is 0 Å². The molecule has 0 heterocycles. The van der Waals surface area contributed by atoms with E-state index < -0.39 is 0 Å². The van der Waals surface area contributed by atoms with Crippen LogP contribution in [0.3, 0.4) is 0 Å². The van der Waals surface area contributed by atoms with E-state index in [9.17, 15) is 4.79 Å². The zero-order valence-electron chi connectivity index (χ0n) is 9.22. The number of halogens is 1. The molecule has 3 nitrogen and oxygen atoms in total. The quantitative estimate of drug-likeness (QED) is 0.815. The molecule has 16 heavy (non-hydrogen) atoms. The smallest absolute Gasteiger partial charge is 0.319 e. The number of amides is 2. The lowest BCUT2D eigenvalue weighted by atomic mass is 9.93. The van der Waals surface area contributed by atoms with E-state index in [1.807, 2.05) is 19.1 Å². The Bertz CT molecular complexity index is 402. The van der Waals surface area contributed by atoms with Crippen molar-refractivity contribution in [2.24, 2.45) is 0 Å². The molecule has 1 fully saturated rings. The van der Waals surface area contributed by atoms with E-state index in [0.29, 0.717) is 11.1 Å². The van der Waals surface area contributed by atoms with E-state index in [2.05, 4.69) is 10.6 Å². The van der Waals surface area contributed by atoms with Crippen molar-refractivity contribution in [2.45, 2.75) is 32.2 Å². The van der Waals surface area contributed by atoms with Gasteiger partial charge in [0.15, 0.2) is 0 Å². The van der Waals surface area contributed by atoms with Crippen molar-refractivity contribution in [1.82, 2.24) is 5.32 Å². The first kappa shape index (κ1) is 11.3. The predicted octanol–water partition coefficient (Wildman–Crippen LogP) is 3.32. The summed E-state index contributed by atoms with van der Waals surface area (Å²) in [7, 11) is 0. The molecule has 0 bridgehead atoms. The van der Waals surface area contributed by atoms with Gasteiger partial charge in [-0.3, -0.25) is 0 Å². The van der Waals surface area contributed by atoms with Crippen LogP contribution in [0, 0.1) is 6.92 Å². The van der Waals surface area contributed by atoms with Crippen LogP contribution in [-0.2, 0) is 0 Å². The van der Waals surface area contributed by atoms with Gasteiger partial charge >= 0.3 is 6.03 Å². The largest absolute Gasteiger partial charge is 0.335 e. The minimum atomic E-state index is -0.130. The molecule has 0 aliphatic heterocycles.